The minimum Gasteiger partial charge on any atom is -0.466 e. The molecular formula is C16H28O4. The van der Waals surface area contributed by atoms with Gasteiger partial charge in [-0.05, 0) is 31.6 Å². The van der Waals surface area contributed by atoms with Crippen molar-refractivity contribution >= 4 is 11.9 Å². The standard InChI is InChI=1S/C16H28O4/c1-14-10-12-19-15(17)8-6-4-2-3-5-7-9-16(18)20-13-11-14/h14H,2-13H2,1H3. The summed E-state index contributed by atoms with van der Waals surface area (Å²) in [5.74, 6) is 0.257. The molecule has 4 heteroatoms. The highest BCUT2D eigenvalue weighted by Gasteiger charge is 2.09. The second kappa shape index (κ2) is 10.7. The Kier molecular flexibility index (Phi) is 9.09. The van der Waals surface area contributed by atoms with E-state index in [0.29, 0.717) is 32.0 Å². The number of carbonyl (C=O) groups excluding carboxylic acids is 2. The summed E-state index contributed by atoms with van der Waals surface area (Å²) in [7, 11) is 0. The van der Waals surface area contributed by atoms with Crippen LogP contribution in [-0.2, 0) is 19.1 Å². The molecule has 0 aliphatic carbocycles. The molecular weight excluding hydrogens is 256 g/mol. The van der Waals surface area contributed by atoms with Gasteiger partial charge in [0.15, 0.2) is 0 Å². The second-order valence-corrected chi connectivity index (χ2v) is 5.74. The zero-order valence-electron chi connectivity index (χ0n) is 12.7. The Bertz CT molecular complexity index is 260. The second-order valence-electron chi connectivity index (χ2n) is 5.74. The number of hydrogen-bond acceptors (Lipinski definition) is 4. The van der Waals surface area contributed by atoms with Gasteiger partial charge in [0.2, 0.25) is 0 Å². The van der Waals surface area contributed by atoms with Crippen LogP contribution >= 0.6 is 0 Å². The van der Waals surface area contributed by atoms with Gasteiger partial charge in [0.25, 0.3) is 0 Å². The first-order valence-electron chi connectivity index (χ1n) is 7.99. The molecule has 0 unspecified atom stereocenters. The van der Waals surface area contributed by atoms with Crippen molar-refractivity contribution in [1.29, 1.82) is 0 Å². The van der Waals surface area contributed by atoms with Gasteiger partial charge in [-0.25, -0.2) is 0 Å². The molecule has 0 N–H and O–H groups in total. The molecule has 1 saturated heterocycles. The summed E-state index contributed by atoms with van der Waals surface area (Å²) in [5, 5.41) is 0. The van der Waals surface area contributed by atoms with Gasteiger partial charge in [-0.1, -0.05) is 32.6 Å². The summed E-state index contributed by atoms with van der Waals surface area (Å²) in [4.78, 5) is 23.0. The fourth-order valence-corrected chi connectivity index (χ4v) is 2.28. The highest BCUT2D eigenvalue weighted by molar-refractivity contribution is 5.69. The van der Waals surface area contributed by atoms with Crippen molar-refractivity contribution in [2.75, 3.05) is 13.2 Å². The average Bonchev–Trinajstić information content (AvgIpc) is 2.41. The number of cyclic esters (lactones) is 2. The summed E-state index contributed by atoms with van der Waals surface area (Å²) in [6.45, 7) is 3.05. The normalized spacial score (nSPS) is 22.6. The van der Waals surface area contributed by atoms with Crippen molar-refractivity contribution in [2.24, 2.45) is 5.92 Å². The zero-order chi connectivity index (χ0) is 14.6. The van der Waals surface area contributed by atoms with Crippen LogP contribution in [0.25, 0.3) is 0 Å². The molecule has 0 saturated carbocycles. The first-order valence-corrected chi connectivity index (χ1v) is 7.99. The molecule has 1 aliphatic rings. The molecule has 0 bridgehead atoms. The molecule has 0 amide bonds. The maximum absolute atomic E-state index is 11.5. The van der Waals surface area contributed by atoms with E-state index >= 15 is 0 Å². The van der Waals surface area contributed by atoms with Crippen LogP contribution < -0.4 is 0 Å². The van der Waals surface area contributed by atoms with Crippen LogP contribution in [0, 0.1) is 5.92 Å². The minimum absolute atomic E-state index is 0.0760. The van der Waals surface area contributed by atoms with Crippen molar-refractivity contribution in [3.05, 3.63) is 0 Å². The Labute approximate surface area is 122 Å². The third-order valence-electron chi connectivity index (χ3n) is 3.76. The summed E-state index contributed by atoms with van der Waals surface area (Å²) >= 11 is 0. The van der Waals surface area contributed by atoms with Crippen LogP contribution in [0.2, 0.25) is 0 Å². The number of ether oxygens (including phenoxy) is 2. The molecule has 0 atom stereocenters. The molecule has 1 aliphatic heterocycles. The number of rotatable bonds is 0. The summed E-state index contributed by atoms with van der Waals surface area (Å²) < 4.78 is 10.4. The number of carbonyl (C=O) groups is 2. The van der Waals surface area contributed by atoms with E-state index in [-0.39, 0.29) is 11.9 Å². The maximum atomic E-state index is 11.5. The van der Waals surface area contributed by atoms with Crippen molar-refractivity contribution in [3.63, 3.8) is 0 Å². The SMILES string of the molecule is CC1CCOC(=O)CCCCCCCCC(=O)OCC1. The summed E-state index contributed by atoms with van der Waals surface area (Å²) in [5.41, 5.74) is 0. The average molecular weight is 284 g/mol. The molecule has 0 spiro atoms. The molecule has 116 valence electrons. The van der Waals surface area contributed by atoms with Crippen LogP contribution in [0.15, 0.2) is 0 Å². The smallest absolute Gasteiger partial charge is 0.305 e. The Morgan fingerprint density at radius 2 is 1.15 bits per heavy atom. The molecule has 0 radical (unpaired) electrons. The van der Waals surface area contributed by atoms with E-state index in [2.05, 4.69) is 6.92 Å². The number of hydrogen-bond donors (Lipinski definition) is 0. The monoisotopic (exact) mass is 284 g/mol. The Hall–Kier alpha value is -1.06. The molecule has 20 heavy (non-hydrogen) atoms. The Morgan fingerprint density at radius 1 is 0.750 bits per heavy atom. The van der Waals surface area contributed by atoms with E-state index in [4.69, 9.17) is 9.47 Å². The maximum Gasteiger partial charge on any atom is 0.305 e. The first-order chi connectivity index (χ1) is 9.68. The van der Waals surface area contributed by atoms with Crippen molar-refractivity contribution < 1.29 is 19.1 Å². The fourth-order valence-electron chi connectivity index (χ4n) is 2.28. The van der Waals surface area contributed by atoms with Crippen LogP contribution in [-0.4, -0.2) is 25.2 Å². The lowest BCUT2D eigenvalue weighted by atomic mass is 10.1. The fraction of sp³-hybridized carbons (Fsp3) is 0.875. The molecule has 0 aromatic carbocycles. The predicted octanol–water partition coefficient (Wildman–Crippen LogP) is 3.62. The van der Waals surface area contributed by atoms with Crippen molar-refractivity contribution in [2.45, 2.75) is 71.1 Å². The summed E-state index contributed by atoms with van der Waals surface area (Å²) in [6, 6.07) is 0. The van der Waals surface area contributed by atoms with Crippen LogP contribution in [0.3, 0.4) is 0 Å². The molecule has 0 aromatic rings. The van der Waals surface area contributed by atoms with E-state index in [9.17, 15) is 9.59 Å². The van der Waals surface area contributed by atoms with Gasteiger partial charge in [-0.15, -0.1) is 0 Å². The molecule has 1 heterocycles. The Morgan fingerprint density at radius 3 is 1.60 bits per heavy atom. The van der Waals surface area contributed by atoms with Gasteiger partial charge < -0.3 is 9.47 Å². The minimum atomic E-state index is -0.0760. The van der Waals surface area contributed by atoms with E-state index in [1.165, 1.54) is 0 Å². The molecule has 4 nitrogen and oxygen atoms in total. The van der Waals surface area contributed by atoms with Gasteiger partial charge in [-0.3, -0.25) is 9.59 Å². The summed E-state index contributed by atoms with van der Waals surface area (Å²) in [6.07, 6.45) is 8.95. The third kappa shape index (κ3) is 8.94. The van der Waals surface area contributed by atoms with Crippen molar-refractivity contribution in [1.82, 2.24) is 0 Å². The predicted molar refractivity (Wildman–Crippen MR) is 77.3 cm³/mol. The van der Waals surface area contributed by atoms with Gasteiger partial charge in [0.1, 0.15) is 0 Å². The molecule has 1 rings (SSSR count). The third-order valence-corrected chi connectivity index (χ3v) is 3.76. The van der Waals surface area contributed by atoms with E-state index < -0.39 is 0 Å². The lowest BCUT2D eigenvalue weighted by molar-refractivity contribution is -0.144. The van der Waals surface area contributed by atoms with Gasteiger partial charge in [0, 0.05) is 12.8 Å². The molecule has 1 fully saturated rings. The van der Waals surface area contributed by atoms with Gasteiger partial charge >= 0.3 is 11.9 Å². The van der Waals surface area contributed by atoms with Gasteiger partial charge in [-0.2, -0.15) is 0 Å². The largest absolute Gasteiger partial charge is 0.466 e. The van der Waals surface area contributed by atoms with Crippen LogP contribution in [0.5, 0.6) is 0 Å². The van der Waals surface area contributed by atoms with E-state index in [1.54, 1.807) is 0 Å². The van der Waals surface area contributed by atoms with Crippen molar-refractivity contribution in [3.8, 4) is 0 Å². The van der Waals surface area contributed by atoms with Crippen LogP contribution in [0.4, 0.5) is 0 Å². The zero-order valence-corrected chi connectivity index (χ0v) is 12.7. The van der Waals surface area contributed by atoms with Crippen LogP contribution in [0.1, 0.15) is 71.1 Å². The van der Waals surface area contributed by atoms with Gasteiger partial charge in [0.05, 0.1) is 13.2 Å². The lowest BCUT2D eigenvalue weighted by Gasteiger charge is -2.12. The highest BCUT2D eigenvalue weighted by Crippen LogP contribution is 2.12. The number of esters is 2. The topological polar surface area (TPSA) is 52.6 Å². The quantitative estimate of drug-likeness (QED) is 0.637. The highest BCUT2D eigenvalue weighted by atomic mass is 16.5. The lowest BCUT2D eigenvalue weighted by Crippen LogP contribution is -2.11. The van der Waals surface area contributed by atoms with E-state index in [1.807, 2.05) is 0 Å². The Balaban J connectivity index is 2.29. The molecule has 0 aromatic heterocycles. The van der Waals surface area contributed by atoms with E-state index in [0.717, 1.165) is 51.4 Å². The first kappa shape index (κ1) is 17.0.